The van der Waals surface area contributed by atoms with Crippen LogP contribution in [0.2, 0.25) is 0 Å². The molecule has 1 fully saturated rings. The van der Waals surface area contributed by atoms with Gasteiger partial charge in [0, 0.05) is 24.7 Å². The van der Waals surface area contributed by atoms with Crippen molar-refractivity contribution < 1.29 is 0 Å². The first kappa shape index (κ1) is 11.0. The van der Waals surface area contributed by atoms with E-state index in [0.717, 1.165) is 35.2 Å². The highest BCUT2D eigenvalue weighted by Gasteiger charge is 2.20. The average molecular weight is 240 g/mol. The maximum absolute atomic E-state index is 7.73. The minimum Gasteiger partial charge on any atom is -0.384 e. The van der Waals surface area contributed by atoms with E-state index in [-0.39, 0.29) is 5.84 Å². The summed E-state index contributed by atoms with van der Waals surface area (Å²) in [5.41, 5.74) is 8.47. The molecule has 1 aromatic heterocycles. The average Bonchev–Trinajstić information content (AvgIpc) is 2.90. The summed E-state index contributed by atoms with van der Waals surface area (Å²) in [6, 6.07) is 8.05. The highest BCUT2D eigenvalue weighted by Crippen LogP contribution is 2.31. The van der Waals surface area contributed by atoms with E-state index in [1.54, 1.807) is 6.20 Å². The van der Waals surface area contributed by atoms with Crippen LogP contribution < -0.4 is 10.6 Å². The Kier molecular flexibility index (Phi) is 2.63. The minimum absolute atomic E-state index is 0.0927. The predicted molar refractivity (Wildman–Crippen MR) is 74.2 cm³/mol. The van der Waals surface area contributed by atoms with Gasteiger partial charge < -0.3 is 10.6 Å². The molecule has 0 bridgehead atoms. The summed E-state index contributed by atoms with van der Waals surface area (Å²) >= 11 is 0. The summed E-state index contributed by atoms with van der Waals surface area (Å²) in [6.07, 6.45) is 4.13. The first-order valence-corrected chi connectivity index (χ1v) is 6.24. The van der Waals surface area contributed by atoms with E-state index in [1.165, 1.54) is 12.8 Å². The Labute approximate surface area is 106 Å². The van der Waals surface area contributed by atoms with Gasteiger partial charge >= 0.3 is 0 Å². The molecule has 2 aromatic rings. The van der Waals surface area contributed by atoms with Gasteiger partial charge in [0.2, 0.25) is 0 Å². The van der Waals surface area contributed by atoms with E-state index in [0.29, 0.717) is 0 Å². The quantitative estimate of drug-likeness (QED) is 0.624. The zero-order valence-corrected chi connectivity index (χ0v) is 10.2. The molecule has 0 aliphatic carbocycles. The molecule has 2 heterocycles. The third-order valence-corrected chi connectivity index (χ3v) is 3.46. The maximum Gasteiger partial charge on any atom is 0.126 e. The lowest BCUT2D eigenvalue weighted by atomic mass is 10.1. The molecular formula is C14H16N4. The molecule has 0 atom stereocenters. The highest BCUT2D eigenvalue weighted by molar-refractivity contribution is 6.07. The summed E-state index contributed by atoms with van der Waals surface area (Å²) in [5, 5.41) is 8.82. The number of anilines is 1. The molecule has 0 radical (unpaired) electrons. The molecule has 92 valence electrons. The topological polar surface area (TPSA) is 66.0 Å². The molecule has 0 saturated carbocycles. The number of benzene rings is 1. The number of hydrogen-bond acceptors (Lipinski definition) is 3. The molecule has 4 heteroatoms. The van der Waals surface area contributed by atoms with Gasteiger partial charge in [-0.2, -0.15) is 0 Å². The van der Waals surface area contributed by atoms with Crippen LogP contribution in [0.1, 0.15) is 18.4 Å². The minimum atomic E-state index is 0.0927. The lowest BCUT2D eigenvalue weighted by molar-refractivity contribution is 0.949. The van der Waals surface area contributed by atoms with Crippen molar-refractivity contribution in [3.63, 3.8) is 0 Å². The van der Waals surface area contributed by atoms with Crippen molar-refractivity contribution in [3.8, 4) is 0 Å². The standard InChI is InChI=1S/C14H16N4/c15-14(16)11-9-17-12-6-2-1-5-10(12)13(11)18-7-3-4-8-18/h1-2,5-6,9H,3-4,7-8H2,(H3,15,16). The van der Waals surface area contributed by atoms with Gasteiger partial charge in [0.15, 0.2) is 0 Å². The Morgan fingerprint density at radius 1 is 1.22 bits per heavy atom. The molecule has 1 aromatic carbocycles. The second-order valence-corrected chi connectivity index (χ2v) is 4.65. The van der Waals surface area contributed by atoms with E-state index in [2.05, 4.69) is 16.0 Å². The number of nitrogen functional groups attached to an aromatic ring is 1. The van der Waals surface area contributed by atoms with Crippen LogP contribution in [-0.2, 0) is 0 Å². The van der Waals surface area contributed by atoms with Gasteiger partial charge in [-0.1, -0.05) is 18.2 Å². The number of nitrogens with zero attached hydrogens (tertiary/aromatic N) is 2. The molecule has 1 aliphatic rings. The first-order chi connectivity index (χ1) is 8.77. The van der Waals surface area contributed by atoms with E-state index in [9.17, 15) is 0 Å². The van der Waals surface area contributed by atoms with Crippen LogP contribution in [0, 0.1) is 5.41 Å². The van der Waals surface area contributed by atoms with Crippen LogP contribution in [-0.4, -0.2) is 23.9 Å². The second-order valence-electron chi connectivity index (χ2n) is 4.65. The molecule has 3 rings (SSSR count). The number of fused-ring (bicyclic) bond motifs is 1. The molecule has 1 saturated heterocycles. The maximum atomic E-state index is 7.73. The summed E-state index contributed by atoms with van der Waals surface area (Å²) in [4.78, 5) is 6.71. The number of hydrogen-bond donors (Lipinski definition) is 2. The number of amidine groups is 1. The lowest BCUT2D eigenvalue weighted by Gasteiger charge is -2.22. The molecule has 0 amide bonds. The Morgan fingerprint density at radius 2 is 1.94 bits per heavy atom. The first-order valence-electron chi connectivity index (χ1n) is 6.24. The van der Waals surface area contributed by atoms with Crippen LogP contribution in [0.5, 0.6) is 0 Å². The Morgan fingerprint density at radius 3 is 2.67 bits per heavy atom. The van der Waals surface area contributed by atoms with Crippen molar-refractivity contribution in [2.24, 2.45) is 5.73 Å². The number of nitrogens with two attached hydrogens (primary N) is 1. The fraction of sp³-hybridized carbons (Fsp3) is 0.286. The van der Waals surface area contributed by atoms with Gasteiger partial charge in [0.25, 0.3) is 0 Å². The van der Waals surface area contributed by atoms with Crippen molar-refractivity contribution in [3.05, 3.63) is 36.0 Å². The molecule has 0 unspecified atom stereocenters. The Balaban J connectivity index is 2.28. The number of pyridine rings is 1. The van der Waals surface area contributed by atoms with Crippen molar-refractivity contribution >= 4 is 22.4 Å². The Hall–Kier alpha value is -2.10. The third kappa shape index (κ3) is 1.70. The molecule has 1 aliphatic heterocycles. The highest BCUT2D eigenvalue weighted by atomic mass is 15.1. The van der Waals surface area contributed by atoms with Crippen molar-refractivity contribution in [2.45, 2.75) is 12.8 Å². The van der Waals surface area contributed by atoms with E-state index in [4.69, 9.17) is 11.1 Å². The van der Waals surface area contributed by atoms with Crippen LogP contribution in [0.3, 0.4) is 0 Å². The van der Waals surface area contributed by atoms with Crippen LogP contribution in [0.15, 0.2) is 30.5 Å². The van der Waals surface area contributed by atoms with Crippen LogP contribution in [0.25, 0.3) is 10.9 Å². The molecule has 3 N–H and O–H groups in total. The van der Waals surface area contributed by atoms with Gasteiger partial charge in [-0.3, -0.25) is 10.4 Å². The second kappa shape index (κ2) is 4.29. The van der Waals surface area contributed by atoms with Crippen LogP contribution in [0.4, 0.5) is 5.69 Å². The van der Waals surface area contributed by atoms with Gasteiger partial charge in [-0.25, -0.2) is 0 Å². The van der Waals surface area contributed by atoms with Crippen molar-refractivity contribution in [1.29, 1.82) is 5.41 Å². The molecule has 0 spiro atoms. The molecule has 4 nitrogen and oxygen atoms in total. The van der Waals surface area contributed by atoms with E-state index in [1.807, 2.05) is 18.2 Å². The van der Waals surface area contributed by atoms with E-state index >= 15 is 0 Å². The largest absolute Gasteiger partial charge is 0.384 e. The summed E-state index contributed by atoms with van der Waals surface area (Å²) in [7, 11) is 0. The predicted octanol–water partition coefficient (Wildman–Crippen LogP) is 2.12. The number of aromatic nitrogens is 1. The zero-order valence-electron chi connectivity index (χ0n) is 10.2. The van der Waals surface area contributed by atoms with Gasteiger partial charge in [0.1, 0.15) is 5.84 Å². The molecule has 18 heavy (non-hydrogen) atoms. The summed E-state index contributed by atoms with van der Waals surface area (Å²) in [6.45, 7) is 2.07. The van der Waals surface area contributed by atoms with Gasteiger partial charge in [-0.05, 0) is 18.9 Å². The van der Waals surface area contributed by atoms with Gasteiger partial charge in [-0.15, -0.1) is 0 Å². The zero-order chi connectivity index (χ0) is 12.5. The number of para-hydroxylation sites is 1. The molecular weight excluding hydrogens is 224 g/mol. The lowest BCUT2D eigenvalue weighted by Crippen LogP contribution is -2.23. The van der Waals surface area contributed by atoms with Gasteiger partial charge in [0.05, 0.1) is 16.8 Å². The number of nitrogens with one attached hydrogen (secondary N) is 1. The fourth-order valence-electron chi connectivity index (χ4n) is 2.61. The monoisotopic (exact) mass is 240 g/mol. The van der Waals surface area contributed by atoms with Crippen molar-refractivity contribution in [1.82, 2.24) is 4.98 Å². The smallest absolute Gasteiger partial charge is 0.126 e. The number of rotatable bonds is 2. The summed E-state index contributed by atoms with van der Waals surface area (Å²) in [5.74, 6) is 0.0927. The third-order valence-electron chi connectivity index (χ3n) is 3.46. The Bertz CT molecular complexity index is 600. The SMILES string of the molecule is N=C(N)c1cnc2ccccc2c1N1CCCC1. The fourth-order valence-corrected chi connectivity index (χ4v) is 2.61. The van der Waals surface area contributed by atoms with E-state index < -0.39 is 0 Å². The summed E-state index contributed by atoms with van der Waals surface area (Å²) < 4.78 is 0. The van der Waals surface area contributed by atoms with Crippen LogP contribution >= 0.6 is 0 Å². The van der Waals surface area contributed by atoms with Crippen molar-refractivity contribution in [2.75, 3.05) is 18.0 Å². The normalized spacial score (nSPS) is 15.2.